The lowest BCUT2D eigenvalue weighted by Crippen LogP contribution is -2.37. The highest BCUT2D eigenvalue weighted by Crippen LogP contribution is 2.46. The van der Waals surface area contributed by atoms with Gasteiger partial charge in [0, 0.05) is 72.8 Å². The van der Waals surface area contributed by atoms with Crippen LogP contribution in [-0.2, 0) is 15.4 Å². The van der Waals surface area contributed by atoms with Gasteiger partial charge in [0.15, 0.2) is 5.78 Å². The van der Waals surface area contributed by atoms with E-state index in [2.05, 4.69) is 16.0 Å². The number of fused-ring (bicyclic) bond motifs is 4. The van der Waals surface area contributed by atoms with Crippen molar-refractivity contribution < 1.29 is 23.1 Å². The van der Waals surface area contributed by atoms with Crippen LogP contribution < -0.4 is 4.74 Å². The topological polar surface area (TPSA) is 127 Å². The second-order valence-electron chi connectivity index (χ2n) is 10.9. The highest BCUT2D eigenvalue weighted by Gasteiger charge is 2.41. The van der Waals surface area contributed by atoms with Crippen LogP contribution in [0.15, 0.2) is 35.2 Å². The number of sulfonamides is 1. The molecule has 0 radical (unpaired) electrons. The van der Waals surface area contributed by atoms with Gasteiger partial charge in [-0.2, -0.15) is 15.7 Å². The molecule has 11 heteroatoms. The van der Waals surface area contributed by atoms with Crippen molar-refractivity contribution in [1.29, 1.82) is 5.26 Å². The third-order valence-corrected chi connectivity index (χ3v) is 12.0. The highest BCUT2D eigenvalue weighted by atomic mass is 32.2. The molecule has 2 aromatic carbocycles. The minimum Gasteiger partial charge on any atom is -0.491 e. The van der Waals surface area contributed by atoms with Gasteiger partial charge in [-0.15, -0.1) is 0 Å². The Hall–Kier alpha value is -3.01. The first kappa shape index (κ1) is 28.5. The Morgan fingerprint density at radius 1 is 1.23 bits per heavy atom. The Kier molecular flexibility index (Phi) is 7.44. The smallest absolute Gasteiger partial charge is 0.246 e. The van der Waals surface area contributed by atoms with Gasteiger partial charge in [0.25, 0.3) is 0 Å². The molecular formula is C29H34N4O5S2. The molecule has 1 aliphatic heterocycles. The third kappa shape index (κ3) is 4.78. The lowest BCUT2D eigenvalue weighted by atomic mass is 9.71. The molecule has 3 aromatic rings. The molecule has 0 amide bonds. The number of ketones is 1. The van der Waals surface area contributed by atoms with Crippen LogP contribution in [-0.4, -0.2) is 90.4 Å². The van der Waals surface area contributed by atoms with Gasteiger partial charge in [-0.3, -0.25) is 9.69 Å². The molecule has 1 aliphatic carbocycles. The van der Waals surface area contributed by atoms with Crippen molar-refractivity contribution in [3.05, 3.63) is 58.3 Å². The third-order valence-electron chi connectivity index (χ3n) is 7.93. The molecule has 40 heavy (non-hydrogen) atoms. The average molecular weight is 583 g/mol. The number of aromatic nitrogens is 1. The molecule has 9 nitrogen and oxygen atoms in total. The van der Waals surface area contributed by atoms with Crippen LogP contribution in [0, 0.1) is 11.3 Å². The summed E-state index contributed by atoms with van der Waals surface area (Å²) in [6, 6.07) is 10.5. The summed E-state index contributed by atoms with van der Waals surface area (Å²) in [4.78, 5) is 19.5. The van der Waals surface area contributed by atoms with Gasteiger partial charge in [-0.05, 0) is 36.8 Å². The first-order chi connectivity index (χ1) is 18.9. The number of carbonyl (C=O) groups is 1. The molecule has 5 rings (SSSR count). The number of benzene rings is 2. The molecule has 2 N–H and O–H groups in total. The number of hydrogen-bond acceptors (Lipinski definition) is 6. The fourth-order valence-corrected chi connectivity index (χ4v) is 8.30. The van der Waals surface area contributed by atoms with Gasteiger partial charge in [-0.1, -0.05) is 19.9 Å². The zero-order chi connectivity index (χ0) is 29.0. The number of carbonyl (C=O) groups excluding carboxylic acids is 1. The van der Waals surface area contributed by atoms with Crippen molar-refractivity contribution in [2.45, 2.75) is 31.1 Å². The van der Waals surface area contributed by atoms with E-state index in [1.54, 1.807) is 31.2 Å². The van der Waals surface area contributed by atoms with Crippen molar-refractivity contribution >= 4 is 42.2 Å². The van der Waals surface area contributed by atoms with E-state index >= 15 is 0 Å². The molecule has 0 unspecified atom stereocenters. The van der Waals surface area contributed by atoms with Crippen LogP contribution in [0.4, 0.5) is 0 Å². The number of nitriles is 1. The SMILES string of the molecule is CC(O)=S1CCN(CCOc2cc3c(cc2S(=O)(=O)N(C)C)C(=O)c2c([nH]c4cc(C#N)ccc24)C3(C)C)CC1. The van der Waals surface area contributed by atoms with E-state index in [9.17, 15) is 23.6 Å². The molecule has 1 saturated heterocycles. The van der Waals surface area contributed by atoms with Crippen LogP contribution in [0.3, 0.4) is 0 Å². The van der Waals surface area contributed by atoms with Crippen LogP contribution in [0.5, 0.6) is 5.75 Å². The molecule has 0 saturated carbocycles. The van der Waals surface area contributed by atoms with Gasteiger partial charge in [0.05, 0.1) is 22.2 Å². The van der Waals surface area contributed by atoms with Crippen molar-refractivity contribution in [1.82, 2.24) is 14.2 Å². The molecule has 1 aromatic heterocycles. The minimum atomic E-state index is -3.92. The predicted molar refractivity (Wildman–Crippen MR) is 158 cm³/mol. The van der Waals surface area contributed by atoms with Crippen LogP contribution >= 0.6 is 10.5 Å². The zero-order valence-corrected chi connectivity index (χ0v) is 25.0. The fraction of sp³-hybridized carbons (Fsp3) is 0.414. The van der Waals surface area contributed by atoms with E-state index in [4.69, 9.17) is 4.74 Å². The summed E-state index contributed by atoms with van der Waals surface area (Å²) in [6.07, 6.45) is 0. The molecule has 212 valence electrons. The van der Waals surface area contributed by atoms with E-state index in [1.165, 1.54) is 20.2 Å². The Balaban J connectivity index is 1.54. The maximum absolute atomic E-state index is 13.9. The maximum atomic E-state index is 13.9. The molecule has 2 heterocycles. The number of rotatable bonds is 6. The van der Waals surface area contributed by atoms with Crippen molar-refractivity contribution in [2.75, 3.05) is 51.8 Å². The summed E-state index contributed by atoms with van der Waals surface area (Å²) in [5.41, 5.74) is 2.74. The van der Waals surface area contributed by atoms with Gasteiger partial charge in [0.1, 0.15) is 17.3 Å². The summed E-state index contributed by atoms with van der Waals surface area (Å²) in [5.74, 6) is 1.76. The van der Waals surface area contributed by atoms with Gasteiger partial charge in [-0.25, -0.2) is 12.7 Å². The Morgan fingerprint density at radius 2 is 1.93 bits per heavy atom. The number of aromatic amines is 1. The molecule has 2 aliphatic rings. The maximum Gasteiger partial charge on any atom is 0.246 e. The lowest BCUT2D eigenvalue weighted by Gasteiger charge is -2.33. The summed E-state index contributed by atoms with van der Waals surface area (Å²) in [6.45, 7) is 8.34. The fourth-order valence-electron chi connectivity index (χ4n) is 5.51. The Morgan fingerprint density at radius 3 is 2.55 bits per heavy atom. The van der Waals surface area contributed by atoms with Crippen molar-refractivity contribution in [3.63, 3.8) is 0 Å². The number of ether oxygens (including phenoxy) is 1. The van der Waals surface area contributed by atoms with Crippen molar-refractivity contribution in [2.24, 2.45) is 0 Å². The van der Waals surface area contributed by atoms with Gasteiger partial charge < -0.3 is 14.8 Å². The van der Waals surface area contributed by atoms with E-state index < -0.39 is 15.4 Å². The predicted octanol–water partition coefficient (Wildman–Crippen LogP) is 3.83. The molecular weight excluding hydrogens is 548 g/mol. The van der Waals surface area contributed by atoms with Gasteiger partial charge >= 0.3 is 0 Å². The lowest BCUT2D eigenvalue weighted by molar-refractivity contribution is 0.103. The summed E-state index contributed by atoms with van der Waals surface area (Å²) in [7, 11) is -1.07. The standard InChI is InChI=1S/C29H34N4O5S2/c1-18(34)39-12-9-33(10-13-39)8-11-38-24-16-22-21(15-25(24)40(36,37)32(4)5)27(35)26-20-7-6-19(17-30)14-23(20)31-28(26)29(22,2)3/h6-7,14-16,31,34H,8-13H2,1-5H3. The zero-order valence-electron chi connectivity index (χ0n) is 23.4. The number of hydrogen-bond donors (Lipinski definition) is 2. The van der Waals surface area contributed by atoms with Crippen LogP contribution in [0.25, 0.3) is 10.9 Å². The number of aliphatic hydroxyl groups excluding tert-OH is 1. The van der Waals surface area contributed by atoms with Crippen LogP contribution in [0.1, 0.15) is 53.5 Å². The molecule has 1 fully saturated rings. The number of H-pyrrole nitrogens is 1. The summed E-state index contributed by atoms with van der Waals surface area (Å²) in [5, 5.41) is 20.4. The van der Waals surface area contributed by atoms with E-state index in [0.29, 0.717) is 44.8 Å². The van der Waals surface area contributed by atoms with E-state index in [0.717, 1.165) is 34.6 Å². The van der Waals surface area contributed by atoms with Gasteiger partial charge in [0.2, 0.25) is 10.0 Å². The number of nitrogens with one attached hydrogen (secondary N) is 1. The number of nitrogens with zero attached hydrogens (tertiary/aromatic N) is 3. The minimum absolute atomic E-state index is 0.0406. The van der Waals surface area contributed by atoms with E-state index in [1.807, 2.05) is 13.8 Å². The molecule has 0 spiro atoms. The Bertz CT molecular complexity index is 1700. The largest absolute Gasteiger partial charge is 0.491 e. The molecule has 0 atom stereocenters. The quantitative estimate of drug-likeness (QED) is 0.423. The molecule has 0 bridgehead atoms. The van der Waals surface area contributed by atoms with E-state index in [-0.39, 0.29) is 33.5 Å². The Labute approximate surface area is 237 Å². The average Bonchev–Trinajstić information content (AvgIpc) is 3.32. The normalized spacial score (nSPS) is 17.5. The monoisotopic (exact) mass is 582 g/mol. The number of aliphatic hydroxyl groups is 1. The summed E-state index contributed by atoms with van der Waals surface area (Å²) >= 11 is 0. The highest BCUT2D eigenvalue weighted by molar-refractivity contribution is 8.15. The second-order valence-corrected chi connectivity index (χ2v) is 15.5. The van der Waals surface area contributed by atoms with Crippen LogP contribution in [0.2, 0.25) is 0 Å². The first-order valence-corrected chi connectivity index (χ1v) is 16.1. The van der Waals surface area contributed by atoms with Crippen molar-refractivity contribution in [3.8, 4) is 11.8 Å². The summed E-state index contributed by atoms with van der Waals surface area (Å²) < 4.78 is 34.1. The second kappa shape index (κ2) is 10.4. The first-order valence-electron chi connectivity index (χ1n) is 13.1.